The average molecular weight is 190 g/mol. The molecule has 0 aromatic heterocycles. The number of aryl methyl sites for hydroxylation is 1. The summed E-state index contributed by atoms with van der Waals surface area (Å²) in [5.41, 5.74) is 8.72. The SMILES string of the molecule is Cc1ccccc1N(C)C1(CN)CC1. The Morgan fingerprint density at radius 3 is 2.50 bits per heavy atom. The molecule has 0 heterocycles. The highest BCUT2D eigenvalue weighted by atomic mass is 15.2. The average Bonchev–Trinajstić information content (AvgIpc) is 2.98. The van der Waals surface area contributed by atoms with Gasteiger partial charge in [0.25, 0.3) is 0 Å². The summed E-state index contributed by atoms with van der Waals surface area (Å²) in [6, 6.07) is 8.49. The molecule has 2 nitrogen and oxygen atoms in total. The third-order valence-corrected chi connectivity index (χ3v) is 3.40. The summed E-state index contributed by atoms with van der Waals surface area (Å²) < 4.78 is 0. The Bertz CT molecular complexity index is 329. The highest BCUT2D eigenvalue weighted by molar-refractivity contribution is 5.56. The first-order chi connectivity index (χ1) is 6.69. The molecule has 1 aliphatic carbocycles. The summed E-state index contributed by atoms with van der Waals surface area (Å²) in [7, 11) is 2.15. The number of nitrogens with two attached hydrogens (primary N) is 1. The van der Waals surface area contributed by atoms with Crippen LogP contribution in [0.5, 0.6) is 0 Å². The maximum atomic E-state index is 5.82. The second-order valence-corrected chi connectivity index (χ2v) is 4.27. The van der Waals surface area contributed by atoms with Crippen LogP contribution in [0.2, 0.25) is 0 Å². The second kappa shape index (κ2) is 3.28. The van der Waals surface area contributed by atoms with E-state index in [4.69, 9.17) is 5.73 Å². The molecule has 0 saturated heterocycles. The Morgan fingerprint density at radius 1 is 1.36 bits per heavy atom. The van der Waals surface area contributed by atoms with Gasteiger partial charge in [-0.25, -0.2) is 0 Å². The quantitative estimate of drug-likeness (QED) is 0.789. The van der Waals surface area contributed by atoms with E-state index in [1.165, 1.54) is 24.1 Å². The van der Waals surface area contributed by atoms with Crippen molar-refractivity contribution in [1.29, 1.82) is 0 Å². The molecule has 2 heteroatoms. The number of rotatable bonds is 3. The van der Waals surface area contributed by atoms with E-state index in [2.05, 4.69) is 43.1 Å². The van der Waals surface area contributed by atoms with Crippen LogP contribution >= 0.6 is 0 Å². The molecule has 1 aromatic rings. The largest absolute Gasteiger partial charge is 0.367 e. The van der Waals surface area contributed by atoms with Crippen LogP contribution in [0.15, 0.2) is 24.3 Å². The van der Waals surface area contributed by atoms with Crippen LogP contribution in [0.4, 0.5) is 5.69 Å². The minimum absolute atomic E-state index is 0.256. The van der Waals surface area contributed by atoms with Crippen molar-refractivity contribution in [1.82, 2.24) is 0 Å². The van der Waals surface area contributed by atoms with Crippen molar-refractivity contribution >= 4 is 5.69 Å². The van der Waals surface area contributed by atoms with Crippen molar-refractivity contribution in [2.45, 2.75) is 25.3 Å². The van der Waals surface area contributed by atoms with Crippen LogP contribution in [0.3, 0.4) is 0 Å². The van der Waals surface area contributed by atoms with E-state index in [1.807, 2.05) is 0 Å². The van der Waals surface area contributed by atoms with Crippen molar-refractivity contribution in [3.05, 3.63) is 29.8 Å². The molecule has 1 fully saturated rings. The lowest BCUT2D eigenvalue weighted by molar-refractivity contribution is 0.635. The van der Waals surface area contributed by atoms with Crippen LogP contribution in [0.25, 0.3) is 0 Å². The van der Waals surface area contributed by atoms with Crippen molar-refractivity contribution in [3.63, 3.8) is 0 Å². The topological polar surface area (TPSA) is 29.3 Å². The zero-order valence-corrected chi connectivity index (χ0v) is 8.96. The van der Waals surface area contributed by atoms with Gasteiger partial charge in [-0.05, 0) is 31.4 Å². The number of benzene rings is 1. The fourth-order valence-electron chi connectivity index (χ4n) is 2.02. The molecule has 1 aliphatic rings. The summed E-state index contributed by atoms with van der Waals surface area (Å²) in [5.74, 6) is 0. The van der Waals surface area contributed by atoms with Crippen molar-refractivity contribution in [2.75, 3.05) is 18.5 Å². The number of hydrogen-bond donors (Lipinski definition) is 1. The molecular weight excluding hydrogens is 172 g/mol. The molecule has 0 amide bonds. The van der Waals surface area contributed by atoms with Gasteiger partial charge in [-0.2, -0.15) is 0 Å². The molecule has 14 heavy (non-hydrogen) atoms. The number of anilines is 1. The standard InChI is InChI=1S/C12H18N2/c1-10-5-3-4-6-11(10)14(2)12(9-13)7-8-12/h3-6H,7-9,13H2,1-2H3. The molecule has 76 valence electrons. The summed E-state index contributed by atoms with van der Waals surface area (Å²) in [4.78, 5) is 2.35. The molecule has 2 rings (SSSR count). The van der Waals surface area contributed by atoms with Gasteiger partial charge in [0, 0.05) is 19.3 Å². The minimum Gasteiger partial charge on any atom is -0.367 e. The first-order valence-electron chi connectivity index (χ1n) is 5.19. The maximum absolute atomic E-state index is 5.82. The normalized spacial score (nSPS) is 17.9. The van der Waals surface area contributed by atoms with Crippen molar-refractivity contribution in [2.24, 2.45) is 5.73 Å². The first-order valence-corrected chi connectivity index (χ1v) is 5.19. The Kier molecular flexibility index (Phi) is 2.23. The number of likely N-dealkylation sites (N-methyl/N-ethyl adjacent to an activating group) is 1. The molecule has 0 radical (unpaired) electrons. The monoisotopic (exact) mass is 190 g/mol. The predicted octanol–water partition coefficient (Wildman–Crippen LogP) is 1.92. The highest BCUT2D eigenvalue weighted by Gasteiger charge is 2.45. The smallest absolute Gasteiger partial charge is 0.0522 e. The van der Waals surface area contributed by atoms with E-state index in [1.54, 1.807) is 0 Å². The molecule has 0 spiro atoms. The Labute approximate surface area is 85.7 Å². The van der Waals surface area contributed by atoms with Gasteiger partial charge >= 0.3 is 0 Å². The molecule has 1 saturated carbocycles. The fourth-order valence-corrected chi connectivity index (χ4v) is 2.02. The molecule has 0 atom stereocenters. The van der Waals surface area contributed by atoms with Crippen LogP contribution < -0.4 is 10.6 Å². The van der Waals surface area contributed by atoms with Gasteiger partial charge in [0.2, 0.25) is 0 Å². The van der Waals surface area contributed by atoms with Gasteiger partial charge in [0.15, 0.2) is 0 Å². The van der Waals surface area contributed by atoms with E-state index in [0.717, 1.165) is 6.54 Å². The van der Waals surface area contributed by atoms with Gasteiger partial charge < -0.3 is 10.6 Å². The Balaban J connectivity index is 2.27. The molecule has 0 aliphatic heterocycles. The lowest BCUT2D eigenvalue weighted by Crippen LogP contribution is -2.40. The van der Waals surface area contributed by atoms with Crippen LogP contribution in [-0.4, -0.2) is 19.1 Å². The van der Waals surface area contributed by atoms with Crippen molar-refractivity contribution < 1.29 is 0 Å². The number of para-hydroxylation sites is 1. The molecule has 2 N–H and O–H groups in total. The van der Waals surface area contributed by atoms with Crippen molar-refractivity contribution in [3.8, 4) is 0 Å². The van der Waals surface area contributed by atoms with E-state index >= 15 is 0 Å². The Hall–Kier alpha value is -1.02. The summed E-state index contributed by atoms with van der Waals surface area (Å²) >= 11 is 0. The summed E-state index contributed by atoms with van der Waals surface area (Å²) in [5, 5.41) is 0. The first kappa shape index (κ1) is 9.53. The van der Waals surface area contributed by atoms with Gasteiger partial charge in [0.1, 0.15) is 0 Å². The van der Waals surface area contributed by atoms with Gasteiger partial charge in [-0.3, -0.25) is 0 Å². The maximum Gasteiger partial charge on any atom is 0.0522 e. The van der Waals surface area contributed by atoms with Crippen LogP contribution in [0, 0.1) is 6.92 Å². The summed E-state index contributed by atoms with van der Waals surface area (Å²) in [6.45, 7) is 2.91. The van der Waals surface area contributed by atoms with Crippen LogP contribution in [0.1, 0.15) is 18.4 Å². The van der Waals surface area contributed by atoms with E-state index in [0.29, 0.717) is 0 Å². The predicted molar refractivity (Wildman–Crippen MR) is 60.6 cm³/mol. The third-order valence-electron chi connectivity index (χ3n) is 3.40. The van der Waals surface area contributed by atoms with E-state index in [-0.39, 0.29) is 5.54 Å². The Morgan fingerprint density at radius 2 is 2.00 bits per heavy atom. The van der Waals surface area contributed by atoms with E-state index < -0.39 is 0 Å². The van der Waals surface area contributed by atoms with Crippen LogP contribution in [-0.2, 0) is 0 Å². The molecule has 0 bridgehead atoms. The van der Waals surface area contributed by atoms with Gasteiger partial charge in [-0.15, -0.1) is 0 Å². The van der Waals surface area contributed by atoms with Gasteiger partial charge in [0.05, 0.1) is 5.54 Å². The number of hydrogen-bond acceptors (Lipinski definition) is 2. The second-order valence-electron chi connectivity index (χ2n) is 4.27. The minimum atomic E-state index is 0.256. The lowest BCUT2D eigenvalue weighted by atomic mass is 10.1. The van der Waals surface area contributed by atoms with Gasteiger partial charge in [-0.1, -0.05) is 18.2 Å². The fraction of sp³-hybridized carbons (Fsp3) is 0.500. The molecule has 0 unspecified atom stereocenters. The summed E-state index contributed by atoms with van der Waals surface area (Å²) in [6.07, 6.45) is 2.46. The third kappa shape index (κ3) is 1.40. The highest BCUT2D eigenvalue weighted by Crippen LogP contribution is 2.42. The lowest BCUT2D eigenvalue weighted by Gasteiger charge is -2.30. The zero-order valence-electron chi connectivity index (χ0n) is 8.96. The zero-order chi connectivity index (χ0) is 10.2. The van der Waals surface area contributed by atoms with E-state index in [9.17, 15) is 0 Å². The molecular formula is C12H18N2. The number of nitrogens with zero attached hydrogens (tertiary/aromatic N) is 1. The molecule has 1 aromatic carbocycles.